The molecule has 0 aliphatic heterocycles. The molecule has 0 nitrogen and oxygen atoms in total. The van der Waals surface area contributed by atoms with Crippen molar-refractivity contribution >= 4 is 18.2 Å². The molecule has 0 radical (unpaired) electrons. The highest BCUT2D eigenvalue weighted by atomic mass is 35.5. The molecule has 5 heavy (non-hydrogen) atoms. The standard InChI is InChI=1S/C3H6BCl/c1-2-3-4-5/h2,4H,1,3H2. The van der Waals surface area contributed by atoms with Crippen LogP contribution < -0.4 is 0 Å². The van der Waals surface area contributed by atoms with Gasteiger partial charge in [0.25, 0.3) is 0 Å². The Labute approximate surface area is 38.0 Å². The number of rotatable bonds is 2. The van der Waals surface area contributed by atoms with Crippen LogP contribution >= 0.6 is 11.5 Å². The molecule has 0 aromatic heterocycles. The Bertz CT molecular complexity index is 28.1. The Hall–Kier alpha value is 0.0949. The Morgan fingerprint density at radius 3 is 2.60 bits per heavy atom. The van der Waals surface area contributed by atoms with E-state index in [2.05, 4.69) is 6.58 Å². The van der Waals surface area contributed by atoms with Gasteiger partial charge in [-0.3, -0.25) is 0 Å². The highest BCUT2D eigenvalue weighted by molar-refractivity contribution is 6.93. The summed E-state index contributed by atoms with van der Waals surface area (Å²) in [6.45, 7) is 4.16. The van der Waals surface area contributed by atoms with Crippen LogP contribution in [0.2, 0.25) is 6.32 Å². The van der Waals surface area contributed by atoms with E-state index in [1.165, 1.54) is 0 Å². The van der Waals surface area contributed by atoms with Crippen molar-refractivity contribution in [2.75, 3.05) is 0 Å². The summed E-state index contributed by atoms with van der Waals surface area (Å²) in [5, 5.41) is 0. The lowest BCUT2D eigenvalue weighted by molar-refractivity contribution is 1.75. The minimum absolute atomic E-state index is 0.698. The lowest BCUT2D eigenvalue weighted by atomic mass is 10.0. The summed E-state index contributed by atoms with van der Waals surface area (Å²) < 4.78 is 0. The largest absolute Gasteiger partial charge is 0.236 e. The van der Waals surface area contributed by atoms with Crippen molar-refractivity contribution in [1.29, 1.82) is 0 Å². The van der Waals surface area contributed by atoms with Crippen molar-refractivity contribution in [2.24, 2.45) is 0 Å². The van der Waals surface area contributed by atoms with Gasteiger partial charge in [0, 0.05) is 0 Å². The van der Waals surface area contributed by atoms with E-state index in [1.807, 2.05) is 0 Å². The summed E-state index contributed by atoms with van der Waals surface area (Å²) in [5.74, 6) is 0. The minimum atomic E-state index is 0.698. The molecular weight excluding hydrogens is 82.3 g/mol. The first-order chi connectivity index (χ1) is 2.41. The third kappa shape index (κ3) is 4.09. The molecule has 0 aliphatic rings. The van der Waals surface area contributed by atoms with E-state index >= 15 is 0 Å². The fourth-order valence-electron chi connectivity index (χ4n) is 0.0772. The molecule has 0 aliphatic carbocycles. The SMILES string of the molecule is C=CCBCl. The number of halogens is 1. The molecule has 0 fully saturated rings. The molecule has 0 aromatic rings. The second-order valence-corrected chi connectivity index (χ2v) is 1.14. The van der Waals surface area contributed by atoms with Gasteiger partial charge in [-0.2, -0.15) is 0 Å². The van der Waals surface area contributed by atoms with Crippen molar-refractivity contribution in [3.63, 3.8) is 0 Å². The summed E-state index contributed by atoms with van der Waals surface area (Å²) in [6, 6.07) is 0. The average molecular weight is 88.3 g/mol. The second-order valence-electron chi connectivity index (χ2n) is 0.766. The van der Waals surface area contributed by atoms with Crippen LogP contribution in [0.5, 0.6) is 0 Å². The van der Waals surface area contributed by atoms with Crippen molar-refractivity contribution < 1.29 is 0 Å². The zero-order valence-corrected chi connectivity index (χ0v) is 3.83. The average Bonchev–Trinajstić information content (AvgIpc) is 1.41. The van der Waals surface area contributed by atoms with Gasteiger partial charge in [-0.05, 0) is 6.32 Å². The fourth-order valence-corrected chi connectivity index (χ4v) is 0.231. The quantitative estimate of drug-likeness (QED) is 0.351. The van der Waals surface area contributed by atoms with Crippen LogP contribution in [0.3, 0.4) is 0 Å². The molecular formula is C3H6BCl. The van der Waals surface area contributed by atoms with Crippen LogP contribution in [0.1, 0.15) is 0 Å². The first-order valence-corrected chi connectivity index (χ1v) is 2.12. The van der Waals surface area contributed by atoms with E-state index in [0.717, 1.165) is 6.32 Å². The van der Waals surface area contributed by atoms with Crippen LogP contribution in [-0.4, -0.2) is 6.69 Å². The normalized spacial score (nSPS) is 6.60. The second kappa shape index (κ2) is 4.09. The molecule has 0 bridgehead atoms. The van der Waals surface area contributed by atoms with Gasteiger partial charge >= 0.3 is 0 Å². The molecule has 0 unspecified atom stereocenters. The van der Waals surface area contributed by atoms with Gasteiger partial charge < -0.3 is 0 Å². The maximum Gasteiger partial charge on any atom is 0.236 e. The lowest BCUT2D eigenvalue weighted by Gasteiger charge is -1.66. The molecule has 0 spiro atoms. The summed E-state index contributed by atoms with van der Waals surface area (Å²) in [7, 11) is 0. The molecule has 0 heterocycles. The predicted octanol–water partition coefficient (Wildman–Crippen LogP) is 1.18. The van der Waals surface area contributed by atoms with Gasteiger partial charge in [-0.15, -0.1) is 6.58 Å². The lowest BCUT2D eigenvalue weighted by Crippen LogP contribution is -1.64. The van der Waals surface area contributed by atoms with E-state index in [4.69, 9.17) is 11.5 Å². The van der Waals surface area contributed by atoms with Gasteiger partial charge in [0.2, 0.25) is 6.69 Å². The molecule has 28 valence electrons. The third-order valence-electron chi connectivity index (χ3n) is 0.313. The Morgan fingerprint density at radius 1 is 2.00 bits per heavy atom. The third-order valence-corrected chi connectivity index (χ3v) is 0.531. The number of hydrogen-bond donors (Lipinski definition) is 0. The van der Waals surface area contributed by atoms with E-state index in [-0.39, 0.29) is 0 Å². The van der Waals surface area contributed by atoms with Gasteiger partial charge in [0.05, 0.1) is 0 Å². The van der Waals surface area contributed by atoms with E-state index < -0.39 is 0 Å². The van der Waals surface area contributed by atoms with Crippen LogP contribution in [0.25, 0.3) is 0 Å². The smallest absolute Gasteiger partial charge is 0.201 e. The predicted molar refractivity (Wildman–Crippen MR) is 28.0 cm³/mol. The zero-order valence-electron chi connectivity index (χ0n) is 3.08. The molecule has 0 atom stereocenters. The Morgan fingerprint density at radius 2 is 2.60 bits per heavy atom. The minimum Gasteiger partial charge on any atom is -0.201 e. The number of hydrogen-bond acceptors (Lipinski definition) is 0. The first kappa shape index (κ1) is 5.09. The van der Waals surface area contributed by atoms with Gasteiger partial charge in [0.15, 0.2) is 0 Å². The van der Waals surface area contributed by atoms with Gasteiger partial charge in [0.1, 0.15) is 0 Å². The van der Waals surface area contributed by atoms with Crippen molar-refractivity contribution in [2.45, 2.75) is 6.32 Å². The van der Waals surface area contributed by atoms with Crippen molar-refractivity contribution in [3.8, 4) is 0 Å². The van der Waals surface area contributed by atoms with Crippen LogP contribution in [0, 0.1) is 0 Å². The summed E-state index contributed by atoms with van der Waals surface area (Å²) >= 11 is 5.23. The fraction of sp³-hybridized carbons (Fsp3) is 0.333. The monoisotopic (exact) mass is 88.0 g/mol. The Kier molecular flexibility index (Phi) is 4.17. The van der Waals surface area contributed by atoms with E-state index in [9.17, 15) is 0 Å². The molecule has 0 saturated carbocycles. The molecule has 2 heteroatoms. The summed E-state index contributed by atoms with van der Waals surface area (Å²) in [6.07, 6.45) is 2.72. The zero-order chi connectivity index (χ0) is 4.12. The number of allylic oxidation sites excluding steroid dienone is 1. The van der Waals surface area contributed by atoms with Crippen LogP contribution in [0.15, 0.2) is 12.7 Å². The first-order valence-electron chi connectivity index (χ1n) is 1.58. The van der Waals surface area contributed by atoms with E-state index in [0.29, 0.717) is 6.69 Å². The highest BCUT2D eigenvalue weighted by Crippen LogP contribution is 1.78. The van der Waals surface area contributed by atoms with Crippen LogP contribution in [-0.2, 0) is 0 Å². The van der Waals surface area contributed by atoms with Gasteiger partial charge in [-0.25, -0.2) is 11.5 Å². The summed E-state index contributed by atoms with van der Waals surface area (Å²) in [4.78, 5) is 0. The van der Waals surface area contributed by atoms with Crippen LogP contribution in [0.4, 0.5) is 0 Å². The van der Waals surface area contributed by atoms with Gasteiger partial charge in [-0.1, -0.05) is 6.08 Å². The molecule has 0 rings (SSSR count). The Balaban J connectivity index is 2.40. The topological polar surface area (TPSA) is 0 Å². The molecule has 0 aromatic carbocycles. The molecule has 0 N–H and O–H groups in total. The highest BCUT2D eigenvalue weighted by Gasteiger charge is 1.69. The van der Waals surface area contributed by atoms with Crippen molar-refractivity contribution in [1.82, 2.24) is 0 Å². The maximum atomic E-state index is 5.23. The molecule has 0 amide bonds. The van der Waals surface area contributed by atoms with Crippen molar-refractivity contribution in [3.05, 3.63) is 12.7 Å². The maximum absolute atomic E-state index is 5.23. The molecule has 0 saturated heterocycles. The van der Waals surface area contributed by atoms with E-state index in [1.54, 1.807) is 6.08 Å². The summed E-state index contributed by atoms with van der Waals surface area (Å²) in [5.41, 5.74) is 0.